The number of ether oxygens (including phenoxy) is 1. The van der Waals surface area contributed by atoms with E-state index in [4.69, 9.17) is 27.9 Å². The van der Waals surface area contributed by atoms with Crippen molar-refractivity contribution in [2.45, 2.75) is 26.3 Å². The first-order chi connectivity index (χ1) is 17.7. The van der Waals surface area contributed by atoms with E-state index in [-0.39, 0.29) is 19.1 Å². The number of amides is 3. The molecule has 0 spiro atoms. The van der Waals surface area contributed by atoms with Gasteiger partial charge in [0.15, 0.2) is 6.61 Å². The van der Waals surface area contributed by atoms with Crippen molar-refractivity contribution >= 4 is 52.8 Å². The molecule has 0 aromatic heterocycles. The molecular weight excluding hydrogens is 515 g/mol. The van der Waals surface area contributed by atoms with Gasteiger partial charge in [0.2, 0.25) is 0 Å². The minimum absolute atomic E-state index is 0.229. The van der Waals surface area contributed by atoms with Crippen LogP contribution in [0, 0.1) is 0 Å². The lowest BCUT2D eigenvalue weighted by Crippen LogP contribution is -2.37. The molecule has 3 aromatic carbocycles. The summed E-state index contributed by atoms with van der Waals surface area (Å²) in [6.45, 7) is 4.19. The number of rotatable bonds is 9. The van der Waals surface area contributed by atoms with Crippen molar-refractivity contribution in [1.82, 2.24) is 10.7 Å². The zero-order valence-electron chi connectivity index (χ0n) is 20.3. The van der Waals surface area contributed by atoms with Crippen LogP contribution in [0.4, 0.5) is 5.69 Å². The van der Waals surface area contributed by atoms with E-state index in [9.17, 15) is 14.4 Å². The fourth-order valence-electron chi connectivity index (χ4n) is 3.10. The highest BCUT2D eigenvalue weighted by atomic mass is 35.5. The van der Waals surface area contributed by atoms with Crippen LogP contribution in [0.15, 0.2) is 71.8 Å². The van der Waals surface area contributed by atoms with E-state index in [2.05, 4.69) is 35.0 Å². The summed E-state index contributed by atoms with van der Waals surface area (Å²) in [6, 6.07) is 19.3. The first kappa shape index (κ1) is 27.7. The van der Waals surface area contributed by atoms with Crippen LogP contribution in [0.2, 0.25) is 10.0 Å². The number of anilines is 1. The van der Waals surface area contributed by atoms with Crippen LogP contribution in [0.25, 0.3) is 0 Å². The molecule has 0 saturated heterocycles. The lowest BCUT2D eigenvalue weighted by Gasteiger charge is -2.09. The first-order valence-electron chi connectivity index (χ1n) is 11.4. The second-order valence-electron chi connectivity index (χ2n) is 8.32. The molecule has 0 bridgehead atoms. The Bertz CT molecular complexity index is 1290. The number of nitrogens with zero attached hydrogens (tertiary/aromatic N) is 1. The van der Waals surface area contributed by atoms with Gasteiger partial charge in [0.25, 0.3) is 5.91 Å². The third-order valence-corrected chi connectivity index (χ3v) is 5.86. The smallest absolute Gasteiger partial charge is 0.329 e. The fraction of sp³-hybridized carbons (Fsp3) is 0.185. The number of benzene rings is 3. The fourth-order valence-corrected chi connectivity index (χ4v) is 3.40. The Hall–Kier alpha value is -3.88. The molecule has 0 atom stereocenters. The first-order valence-corrected chi connectivity index (χ1v) is 12.1. The topological polar surface area (TPSA) is 109 Å². The Morgan fingerprint density at radius 1 is 0.946 bits per heavy atom. The number of hydrazone groups is 1. The number of nitrogens with one attached hydrogen (secondary N) is 3. The lowest BCUT2D eigenvalue weighted by atomic mass is 10.0. The van der Waals surface area contributed by atoms with Crippen molar-refractivity contribution in [1.29, 1.82) is 0 Å². The number of carbonyl (C=O) groups excluding carboxylic acids is 3. The van der Waals surface area contributed by atoms with Crippen molar-refractivity contribution in [3.05, 3.63) is 93.5 Å². The average molecular weight is 541 g/mol. The average Bonchev–Trinajstić information content (AvgIpc) is 2.88. The van der Waals surface area contributed by atoms with Gasteiger partial charge < -0.3 is 15.4 Å². The van der Waals surface area contributed by atoms with Crippen LogP contribution in [0.1, 0.15) is 36.5 Å². The molecular formula is C27H26Cl2N4O4. The van der Waals surface area contributed by atoms with E-state index in [0.29, 0.717) is 33.0 Å². The van der Waals surface area contributed by atoms with Gasteiger partial charge in [-0.1, -0.05) is 73.4 Å². The van der Waals surface area contributed by atoms with Gasteiger partial charge in [-0.3, -0.25) is 14.4 Å². The zero-order chi connectivity index (χ0) is 26.8. The summed E-state index contributed by atoms with van der Waals surface area (Å²) in [7, 11) is 0. The van der Waals surface area contributed by atoms with E-state index in [1.54, 1.807) is 36.4 Å². The standard InChI is InChI=1S/C27H26Cl2N4O4/c1-17(2)20-8-6-18(7-9-20)14-30-26(35)27(36)33-31-15-19-4-3-5-22(12-19)37-16-25(34)32-21-10-11-23(28)24(29)13-21/h3-13,15,17H,14,16H2,1-2H3,(H,30,35)(H,32,34)(H,33,36)/b31-15-. The van der Waals surface area contributed by atoms with E-state index >= 15 is 0 Å². The van der Waals surface area contributed by atoms with Gasteiger partial charge in [-0.05, 0) is 52.9 Å². The molecule has 3 aromatic rings. The van der Waals surface area contributed by atoms with Crippen LogP contribution < -0.4 is 20.8 Å². The predicted molar refractivity (Wildman–Crippen MR) is 145 cm³/mol. The van der Waals surface area contributed by atoms with Gasteiger partial charge in [0.05, 0.1) is 16.3 Å². The quantitative estimate of drug-likeness (QED) is 0.203. The van der Waals surface area contributed by atoms with E-state index in [0.717, 1.165) is 5.56 Å². The molecule has 8 nitrogen and oxygen atoms in total. The Balaban J connectivity index is 1.43. The van der Waals surface area contributed by atoms with Gasteiger partial charge >= 0.3 is 11.8 Å². The van der Waals surface area contributed by atoms with Gasteiger partial charge in [-0.25, -0.2) is 5.43 Å². The summed E-state index contributed by atoms with van der Waals surface area (Å²) >= 11 is 11.8. The number of hydrogen-bond acceptors (Lipinski definition) is 5. The number of carbonyl (C=O) groups is 3. The number of hydrogen-bond donors (Lipinski definition) is 3. The minimum Gasteiger partial charge on any atom is -0.484 e. The van der Waals surface area contributed by atoms with Crippen LogP contribution in [-0.2, 0) is 20.9 Å². The largest absolute Gasteiger partial charge is 0.484 e. The van der Waals surface area contributed by atoms with Crippen LogP contribution in [-0.4, -0.2) is 30.5 Å². The van der Waals surface area contributed by atoms with E-state index in [1.807, 2.05) is 24.3 Å². The molecule has 3 N–H and O–H groups in total. The molecule has 0 aliphatic heterocycles. The molecule has 37 heavy (non-hydrogen) atoms. The molecule has 3 amide bonds. The maximum atomic E-state index is 12.1. The lowest BCUT2D eigenvalue weighted by molar-refractivity contribution is -0.139. The van der Waals surface area contributed by atoms with Crippen LogP contribution in [0.5, 0.6) is 5.75 Å². The highest BCUT2D eigenvalue weighted by molar-refractivity contribution is 6.42. The summed E-state index contributed by atoms with van der Waals surface area (Å²) < 4.78 is 5.51. The summed E-state index contributed by atoms with van der Waals surface area (Å²) in [5.74, 6) is -1.23. The summed E-state index contributed by atoms with van der Waals surface area (Å²) in [5.41, 5.74) is 5.36. The monoisotopic (exact) mass is 540 g/mol. The Morgan fingerprint density at radius 3 is 2.41 bits per heavy atom. The SMILES string of the molecule is CC(C)c1ccc(CNC(=O)C(=O)N/N=C\c2cccc(OCC(=O)Nc3ccc(Cl)c(Cl)c3)c2)cc1. The van der Waals surface area contributed by atoms with Gasteiger partial charge in [-0.2, -0.15) is 5.10 Å². The zero-order valence-corrected chi connectivity index (χ0v) is 21.8. The van der Waals surface area contributed by atoms with Gasteiger partial charge in [-0.15, -0.1) is 0 Å². The molecule has 3 rings (SSSR count). The highest BCUT2D eigenvalue weighted by Gasteiger charge is 2.12. The summed E-state index contributed by atoms with van der Waals surface area (Å²) in [5, 5.41) is 9.75. The van der Waals surface area contributed by atoms with Gasteiger partial charge in [0.1, 0.15) is 5.75 Å². The Morgan fingerprint density at radius 2 is 1.70 bits per heavy atom. The number of halogens is 2. The summed E-state index contributed by atoms with van der Waals surface area (Å²) in [6.07, 6.45) is 1.36. The Kier molecular flexibility index (Phi) is 10.1. The maximum absolute atomic E-state index is 12.1. The summed E-state index contributed by atoms with van der Waals surface area (Å²) in [4.78, 5) is 36.2. The van der Waals surface area contributed by atoms with Crippen molar-refractivity contribution in [3.63, 3.8) is 0 Å². The second kappa shape index (κ2) is 13.4. The molecule has 192 valence electrons. The molecule has 0 fully saturated rings. The molecule has 10 heteroatoms. The van der Waals surface area contributed by atoms with Crippen LogP contribution >= 0.6 is 23.2 Å². The van der Waals surface area contributed by atoms with Crippen molar-refractivity contribution in [2.75, 3.05) is 11.9 Å². The third-order valence-electron chi connectivity index (χ3n) is 5.12. The van der Waals surface area contributed by atoms with Crippen molar-refractivity contribution in [3.8, 4) is 5.75 Å². The molecule has 0 aliphatic carbocycles. The third kappa shape index (κ3) is 8.93. The molecule has 0 saturated carbocycles. The molecule has 0 unspecified atom stereocenters. The van der Waals surface area contributed by atoms with Crippen LogP contribution in [0.3, 0.4) is 0 Å². The van der Waals surface area contributed by atoms with Crippen molar-refractivity contribution < 1.29 is 19.1 Å². The van der Waals surface area contributed by atoms with Gasteiger partial charge in [0, 0.05) is 12.2 Å². The molecule has 0 heterocycles. The second-order valence-corrected chi connectivity index (χ2v) is 9.13. The van der Waals surface area contributed by atoms with E-state index < -0.39 is 11.8 Å². The van der Waals surface area contributed by atoms with E-state index in [1.165, 1.54) is 17.8 Å². The highest BCUT2D eigenvalue weighted by Crippen LogP contribution is 2.25. The minimum atomic E-state index is -0.888. The van der Waals surface area contributed by atoms with Crippen molar-refractivity contribution in [2.24, 2.45) is 5.10 Å². The predicted octanol–water partition coefficient (Wildman–Crippen LogP) is 4.90. The normalized spacial score (nSPS) is 10.8. The Labute approximate surface area is 225 Å². The molecule has 0 radical (unpaired) electrons. The molecule has 0 aliphatic rings. The maximum Gasteiger partial charge on any atom is 0.329 e.